The lowest BCUT2D eigenvalue weighted by Crippen LogP contribution is -2.31. The maximum absolute atomic E-state index is 12.3. The molecule has 1 N–H and O–H groups in total. The third-order valence-electron chi connectivity index (χ3n) is 3.88. The third-order valence-corrected chi connectivity index (χ3v) is 5.10. The van der Waals surface area contributed by atoms with Crippen LogP contribution in [-0.4, -0.2) is 26.8 Å². The van der Waals surface area contributed by atoms with E-state index in [2.05, 4.69) is 22.9 Å². The fourth-order valence-electron chi connectivity index (χ4n) is 2.42. The van der Waals surface area contributed by atoms with Crippen molar-refractivity contribution in [3.8, 4) is 0 Å². The Labute approximate surface area is 144 Å². The van der Waals surface area contributed by atoms with Gasteiger partial charge in [-0.2, -0.15) is 13.5 Å². The Morgan fingerprint density at radius 3 is 2.79 bits per heavy atom. The van der Waals surface area contributed by atoms with Crippen LogP contribution in [0.4, 0.5) is 0 Å². The number of unbranched alkanes of at least 4 members (excludes halogenated alkanes) is 2. The van der Waals surface area contributed by atoms with Crippen molar-refractivity contribution < 1.29 is 13.2 Å². The van der Waals surface area contributed by atoms with E-state index >= 15 is 0 Å². The van der Waals surface area contributed by atoms with E-state index in [0.717, 1.165) is 43.4 Å². The molecule has 5 nitrogen and oxygen atoms in total. The number of hydrogen-bond acceptors (Lipinski definition) is 4. The van der Waals surface area contributed by atoms with Gasteiger partial charge >= 0.3 is 0 Å². The van der Waals surface area contributed by atoms with Crippen molar-refractivity contribution in [1.29, 1.82) is 0 Å². The molecule has 0 spiro atoms. The summed E-state index contributed by atoms with van der Waals surface area (Å²) >= 11 is 0. The van der Waals surface area contributed by atoms with Gasteiger partial charge in [0.05, 0.1) is 10.6 Å². The fourth-order valence-corrected chi connectivity index (χ4v) is 3.26. The number of aryl methyl sites for hydroxylation is 1. The van der Waals surface area contributed by atoms with Crippen molar-refractivity contribution in [2.24, 2.45) is 5.10 Å². The smallest absolute Gasteiger partial charge is 0.276 e. The van der Waals surface area contributed by atoms with E-state index in [9.17, 15) is 8.42 Å². The summed E-state index contributed by atoms with van der Waals surface area (Å²) in [5, 5.41) is 4.14. The van der Waals surface area contributed by atoms with E-state index in [-0.39, 0.29) is 11.0 Å². The predicted molar refractivity (Wildman–Crippen MR) is 96.6 cm³/mol. The summed E-state index contributed by atoms with van der Waals surface area (Å²) in [7, 11) is -3.65. The van der Waals surface area contributed by atoms with Crippen LogP contribution in [0.1, 0.15) is 44.6 Å². The minimum Gasteiger partial charge on any atom is -0.368 e. The van der Waals surface area contributed by atoms with E-state index < -0.39 is 10.0 Å². The van der Waals surface area contributed by atoms with Gasteiger partial charge in [0.1, 0.15) is 6.10 Å². The number of benzene rings is 1. The first-order chi connectivity index (χ1) is 11.5. The monoisotopic (exact) mass is 350 g/mol. The van der Waals surface area contributed by atoms with Crippen LogP contribution in [0.2, 0.25) is 0 Å². The lowest BCUT2D eigenvalue weighted by atomic mass is 10.1. The van der Waals surface area contributed by atoms with E-state index in [1.165, 1.54) is 0 Å². The average molecular weight is 350 g/mol. The molecule has 0 bridgehead atoms. The summed E-state index contributed by atoms with van der Waals surface area (Å²) in [6, 6.07) is 6.70. The van der Waals surface area contributed by atoms with Crippen molar-refractivity contribution in [3.05, 3.63) is 42.0 Å². The molecule has 6 heteroatoms. The fraction of sp³-hybridized carbons (Fsp3) is 0.500. The van der Waals surface area contributed by atoms with E-state index in [0.29, 0.717) is 6.61 Å². The second kappa shape index (κ2) is 8.99. The predicted octanol–water partition coefficient (Wildman–Crippen LogP) is 3.55. The van der Waals surface area contributed by atoms with Crippen LogP contribution in [-0.2, 0) is 14.8 Å². The number of allylic oxidation sites excluding steroid dienone is 1. The molecule has 2 rings (SSSR count). The number of ether oxygens (including phenoxy) is 1. The molecule has 1 fully saturated rings. The molecule has 132 valence electrons. The number of nitrogens with zero attached hydrogens (tertiary/aromatic N) is 1. The number of sulfonamides is 1. The van der Waals surface area contributed by atoms with E-state index in [1.54, 1.807) is 24.3 Å². The van der Waals surface area contributed by atoms with Gasteiger partial charge in [0.2, 0.25) is 0 Å². The van der Waals surface area contributed by atoms with Gasteiger partial charge in [-0.15, -0.1) is 0 Å². The summed E-state index contributed by atoms with van der Waals surface area (Å²) in [4.78, 5) is 2.55. The molecule has 1 atom stereocenters. The molecule has 1 heterocycles. The highest BCUT2D eigenvalue weighted by Crippen LogP contribution is 2.14. The molecule has 1 saturated heterocycles. The molecule has 1 aliphatic heterocycles. The Hall–Kier alpha value is -1.66. The summed E-state index contributed by atoms with van der Waals surface area (Å²) in [5.41, 5.74) is 1.74. The van der Waals surface area contributed by atoms with Crippen LogP contribution < -0.4 is 4.83 Å². The maximum Gasteiger partial charge on any atom is 0.276 e. The number of hydrogen-bond donors (Lipinski definition) is 1. The van der Waals surface area contributed by atoms with Gasteiger partial charge < -0.3 is 4.74 Å². The zero-order valence-corrected chi connectivity index (χ0v) is 15.2. The van der Waals surface area contributed by atoms with Gasteiger partial charge in [0.25, 0.3) is 10.0 Å². The second-order valence-electron chi connectivity index (χ2n) is 5.98. The maximum atomic E-state index is 12.3. The average Bonchev–Trinajstić information content (AvgIpc) is 2.58. The topological polar surface area (TPSA) is 67.8 Å². The van der Waals surface area contributed by atoms with Gasteiger partial charge in [-0.3, -0.25) is 0 Å². The highest BCUT2D eigenvalue weighted by molar-refractivity contribution is 7.89. The molecule has 24 heavy (non-hydrogen) atoms. The van der Waals surface area contributed by atoms with Gasteiger partial charge in [-0.25, -0.2) is 4.83 Å². The molecule has 0 aromatic heterocycles. The molecule has 0 saturated carbocycles. The van der Waals surface area contributed by atoms with Gasteiger partial charge in [-0.1, -0.05) is 49.6 Å². The highest BCUT2D eigenvalue weighted by Gasteiger charge is 2.20. The molecule has 0 amide bonds. The Kier molecular flexibility index (Phi) is 6.99. The molecular weight excluding hydrogens is 324 g/mol. The largest absolute Gasteiger partial charge is 0.368 e. The minimum absolute atomic E-state index is 0.212. The van der Waals surface area contributed by atoms with Crippen LogP contribution in [0.3, 0.4) is 0 Å². The highest BCUT2D eigenvalue weighted by atomic mass is 32.2. The first-order valence-corrected chi connectivity index (χ1v) is 9.94. The first-order valence-electron chi connectivity index (χ1n) is 8.46. The van der Waals surface area contributed by atoms with Crippen LogP contribution >= 0.6 is 0 Å². The minimum atomic E-state index is -3.65. The van der Waals surface area contributed by atoms with Gasteiger partial charge in [0.15, 0.2) is 0 Å². The molecule has 1 aliphatic rings. The molecule has 1 unspecified atom stereocenters. The number of rotatable bonds is 7. The summed E-state index contributed by atoms with van der Waals surface area (Å²) in [6.45, 7) is 4.74. The standard InChI is InChI=1S/C18H26N2O3S/c1-3-4-5-6-9-18-17(8-7-14-23-18)19-20-24(21,22)16-12-10-15(2)11-13-16/h6,9-13,18,20H,3-5,7-8,14H2,1-2H3/b9-6+,19-17+. The summed E-state index contributed by atoms with van der Waals surface area (Å²) in [5.74, 6) is 0. The lowest BCUT2D eigenvalue weighted by molar-refractivity contribution is 0.109. The molecule has 0 aliphatic carbocycles. The summed E-state index contributed by atoms with van der Waals surface area (Å²) in [6.07, 6.45) is 8.69. The van der Waals surface area contributed by atoms with E-state index in [1.807, 2.05) is 13.0 Å². The summed E-state index contributed by atoms with van der Waals surface area (Å²) < 4.78 is 30.3. The Morgan fingerprint density at radius 2 is 2.08 bits per heavy atom. The van der Waals surface area contributed by atoms with Crippen LogP contribution in [0, 0.1) is 6.92 Å². The van der Waals surface area contributed by atoms with Crippen molar-refractivity contribution >= 4 is 15.7 Å². The van der Waals surface area contributed by atoms with Gasteiger partial charge in [-0.05, 0) is 38.3 Å². The number of hydrazone groups is 1. The molecule has 1 aromatic rings. The third kappa shape index (κ3) is 5.46. The van der Waals surface area contributed by atoms with Crippen molar-refractivity contribution in [3.63, 3.8) is 0 Å². The molecular formula is C18H26N2O3S. The quantitative estimate of drug-likeness (QED) is 0.464. The SMILES string of the molecule is CCCC/C=C/C1OCCC/C1=N\NS(=O)(=O)c1ccc(C)cc1. The van der Waals surface area contributed by atoms with Crippen LogP contribution in [0.25, 0.3) is 0 Å². The molecule has 1 aromatic carbocycles. The Balaban J connectivity index is 2.06. The lowest BCUT2D eigenvalue weighted by Gasteiger charge is -2.22. The van der Waals surface area contributed by atoms with Crippen molar-refractivity contribution in [1.82, 2.24) is 4.83 Å². The first kappa shape index (κ1) is 18.7. The zero-order chi connectivity index (χ0) is 17.4. The second-order valence-corrected chi connectivity index (χ2v) is 7.64. The van der Waals surface area contributed by atoms with Crippen LogP contribution in [0.15, 0.2) is 46.4 Å². The Bertz CT molecular complexity index is 679. The van der Waals surface area contributed by atoms with Crippen LogP contribution in [0.5, 0.6) is 0 Å². The normalized spacial score (nSPS) is 20.6. The zero-order valence-electron chi connectivity index (χ0n) is 14.4. The van der Waals surface area contributed by atoms with E-state index in [4.69, 9.17) is 4.74 Å². The molecule has 0 radical (unpaired) electrons. The van der Waals surface area contributed by atoms with Gasteiger partial charge in [0, 0.05) is 6.61 Å². The van der Waals surface area contributed by atoms with Crippen molar-refractivity contribution in [2.75, 3.05) is 6.61 Å². The Morgan fingerprint density at radius 1 is 1.33 bits per heavy atom. The van der Waals surface area contributed by atoms with Crippen molar-refractivity contribution in [2.45, 2.75) is 57.0 Å². The number of nitrogens with one attached hydrogen (secondary N) is 1.